The first-order chi connectivity index (χ1) is 3.89. The highest BCUT2D eigenvalue weighted by molar-refractivity contribution is 6.45. The molecule has 62 valence electrons. The van der Waals surface area contributed by atoms with Crippen molar-refractivity contribution in [2.75, 3.05) is 0 Å². The van der Waals surface area contributed by atoms with E-state index in [9.17, 15) is 4.79 Å². The minimum atomic E-state index is -1.05. The Bertz CT molecular complexity index is 122. The Morgan fingerprint density at radius 1 is 1.50 bits per heavy atom. The third kappa shape index (κ3) is 2.95. The molecule has 0 saturated heterocycles. The maximum Gasteiger partial charge on any atom is 0.311 e. The number of carboxylic acid groups (broad SMARTS) is 1. The summed E-state index contributed by atoms with van der Waals surface area (Å²) in [5.74, 6) is -0.988. The van der Waals surface area contributed by atoms with Gasteiger partial charge in [-0.25, -0.2) is 0 Å². The number of halogens is 3. The third-order valence-corrected chi connectivity index (χ3v) is 2.19. The standard InChI is InChI=1S/C5H8Cl2O2.ClH/c1-5(2,3(6)7)4(8)9;/h3H,1-2H3,(H,8,9);1H. The van der Waals surface area contributed by atoms with Crippen molar-refractivity contribution in [1.82, 2.24) is 0 Å². The second-order valence-corrected chi connectivity index (χ2v) is 3.42. The fourth-order valence-electron chi connectivity index (χ4n) is 0.0933. The van der Waals surface area contributed by atoms with Gasteiger partial charge in [-0.2, -0.15) is 0 Å². The lowest BCUT2D eigenvalue weighted by Gasteiger charge is -2.19. The van der Waals surface area contributed by atoms with Gasteiger partial charge in [0.15, 0.2) is 0 Å². The summed E-state index contributed by atoms with van der Waals surface area (Å²) in [5.41, 5.74) is -1.05. The predicted molar refractivity (Wildman–Crippen MR) is 44.2 cm³/mol. The normalized spacial score (nSPS) is 10.9. The number of carbonyl (C=O) groups is 1. The Hall–Kier alpha value is 0.340. The molecular formula is C5H9Cl3O2. The number of hydrogen-bond acceptors (Lipinski definition) is 1. The first-order valence-electron chi connectivity index (χ1n) is 2.40. The molecule has 0 saturated carbocycles. The van der Waals surface area contributed by atoms with E-state index in [0.29, 0.717) is 0 Å². The molecule has 0 spiro atoms. The van der Waals surface area contributed by atoms with Crippen LogP contribution < -0.4 is 0 Å². The Balaban J connectivity index is 0. The number of alkyl halides is 2. The van der Waals surface area contributed by atoms with E-state index in [1.807, 2.05) is 0 Å². The maximum absolute atomic E-state index is 10.3. The fraction of sp³-hybridized carbons (Fsp3) is 0.800. The van der Waals surface area contributed by atoms with Crippen LogP contribution in [-0.2, 0) is 4.79 Å². The quantitative estimate of drug-likeness (QED) is 0.706. The average Bonchev–Trinajstić information content (AvgIpc) is 1.65. The largest absolute Gasteiger partial charge is 0.481 e. The highest BCUT2D eigenvalue weighted by Crippen LogP contribution is 2.28. The summed E-state index contributed by atoms with van der Waals surface area (Å²) in [5, 5.41) is 8.44. The zero-order chi connectivity index (χ0) is 7.65. The maximum atomic E-state index is 10.3. The molecule has 0 aromatic rings. The molecule has 0 aliphatic rings. The molecule has 0 unspecified atom stereocenters. The molecule has 2 nitrogen and oxygen atoms in total. The Morgan fingerprint density at radius 3 is 1.80 bits per heavy atom. The fourth-order valence-corrected chi connectivity index (χ4v) is 0.280. The monoisotopic (exact) mass is 206 g/mol. The molecule has 0 rings (SSSR count). The van der Waals surface area contributed by atoms with Gasteiger partial charge in [0.2, 0.25) is 0 Å². The molecular weight excluding hydrogens is 198 g/mol. The molecule has 0 heterocycles. The molecule has 10 heavy (non-hydrogen) atoms. The van der Waals surface area contributed by atoms with E-state index >= 15 is 0 Å². The van der Waals surface area contributed by atoms with Crippen LogP contribution in [0.2, 0.25) is 0 Å². The Labute approximate surface area is 75.9 Å². The van der Waals surface area contributed by atoms with Crippen LogP contribution in [0.5, 0.6) is 0 Å². The number of hydrogen-bond donors (Lipinski definition) is 1. The van der Waals surface area contributed by atoms with Gasteiger partial charge in [0.05, 0.1) is 5.41 Å². The summed E-state index contributed by atoms with van der Waals surface area (Å²) < 4.78 is 0. The van der Waals surface area contributed by atoms with Crippen LogP contribution in [0.3, 0.4) is 0 Å². The van der Waals surface area contributed by atoms with Crippen LogP contribution in [0.15, 0.2) is 0 Å². The zero-order valence-corrected chi connectivity index (χ0v) is 7.93. The number of aliphatic carboxylic acids is 1. The van der Waals surface area contributed by atoms with Crippen LogP contribution in [0.1, 0.15) is 13.8 Å². The molecule has 0 aliphatic heterocycles. The van der Waals surface area contributed by atoms with Gasteiger partial charge in [0.1, 0.15) is 4.84 Å². The van der Waals surface area contributed by atoms with Gasteiger partial charge in [-0.15, -0.1) is 35.6 Å². The second kappa shape index (κ2) is 4.27. The SMILES string of the molecule is CC(C)(C(=O)O)C(Cl)Cl.Cl. The minimum Gasteiger partial charge on any atom is -0.481 e. The summed E-state index contributed by atoms with van der Waals surface area (Å²) in [6.07, 6.45) is 0. The van der Waals surface area contributed by atoms with Gasteiger partial charge in [0.25, 0.3) is 0 Å². The van der Waals surface area contributed by atoms with Gasteiger partial charge in [-0.3, -0.25) is 4.79 Å². The average molecular weight is 207 g/mol. The summed E-state index contributed by atoms with van der Waals surface area (Å²) in [6.45, 7) is 2.94. The van der Waals surface area contributed by atoms with Crippen molar-refractivity contribution >= 4 is 41.6 Å². The second-order valence-electron chi connectivity index (χ2n) is 2.33. The van der Waals surface area contributed by atoms with Crippen molar-refractivity contribution in [1.29, 1.82) is 0 Å². The highest BCUT2D eigenvalue weighted by Gasteiger charge is 2.34. The van der Waals surface area contributed by atoms with Gasteiger partial charge in [-0.05, 0) is 13.8 Å². The first kappa shape index (κ1) is 13.0. The lowest BCUT2D eigenvalue weighted by molar-refractivity contribution is -0.146. The molecule has 1 N–H and O–H groups in total. The molecule has 0 fully saturated rings. The van der Waals surface area contributed by atoms with Crippen LogP contribution in [0, 0.1) is 5.41 Å². The Morgan fingerprint density at radius 2 is 1.80 bits per heavy atom. The van der Waals surface area contributed by atoms with Crippen molar-refractivity contribution in [3.8, 4) is 0 Å². The van der Waals surface area contributed by atoms with Crippen LogP contribution >= 0.6 is 35.6 Å². The molecule has 0 aromatic heterocycles. The molecule has 0 atom stereocenters. The van der Waals surface area contributed by atoms with Gasteiger partial charge in [0, 0.05) is 0 Å². The molecule has 0 amide bonds. The van der Waals surface area contributed by atoms with Crippen molar-refractivity contribution in [2.24, 2.45) is 5.41 Å². The topological polar surface area (TPSA) is 37.3 Å². The van der Waals surface area contributed by atoms with E-state index in [0.717, 1.165) is 0 Å². The molecule has 0 bridgehead atoms. The van der Waals surface area contributed by atoms with Crippen molar-refractivity contribution in [3.63, 3.8) is 0 Å². The van der Waals surface area contributed by atoms with Gasteiger partial charge < -0.3 is 5.11 Å². The van der Waals surface area contributed by atoms with E-state index in [4.69, 9.17) is 28.3 Å². The predicted octanol–water partition coefficient (Wildman–Crippen LogP) is 2.32. The summed E-state index contributed by atoms with van der Waals surface area (Å²) in [6, 6.07) is 0. The third-order valence-electron chi connectivity index (χ3n) is 1.10. The van der Waals surface area contributed by atoms with E-state index < -0.39 is 16.2 Å². The van der Waals surface area contributed by atoms with E-state index in [1.54, 1.807) is 0 Å². The van der Waals surface area contributed by atoms with Crippen LogP contribution in [0.25, 0.3) is 0 Å². The Kier molecular flexibility index (Phi) is 5.53. The smallest absolute Gasteiger partial charge is 0.311 e. The van der Waals surface area contributed by atoms with Gasteiger partial charge >= 0.3 is 5.97 Å². The van der Waals surface area contributed by atoms with Crippen LogP contribution in [-0.4, -0.2) is 15.9 Å². The zero-order valence-electron chi connectivity index (χ0n) is 5.60. The lowest BCUT2D eigenvalue weighted by Crippen LogP contribution is -2.30. The minimum absolute atomic E-state index is 0. The summed E-state index contributed by atoms with van der Waals surface area (Å²) >= 11 is 10.7. The summed E-state index contributed by atoms with van der Waals surface area (Å²) in [4.78, 5) is 9.43. The number of carboxylic acids is 1. The molecule has 5 heteroatoms. The van der Waals surface area contributed by atoms with E-state index in [-0.39, 0.29) is 12.4 Å². The van der Waals surface area contributed by atoms with E-state index in [2.05, 4.69) is 0 Å². The molecule has 0 aromatic carbocycles. The van der Waals surface area contributed by atoms with E-state index in [1.165, 1.54) is 13.8 Å². The number of rotatable bonds is 2. The first-order valence-corrected chi connectivity index (χ1v) is 3.28. The molecule has 0 aliphatic carbocycles. The molecule has 0 radical (unpaired) electrons. The summed E-state index contributed by atoms with van der Waals surface area (Å²) in [7, 11) is 0. The van der Waals surface area contributed by atoms with Gasteiger partial charge in [-0.1, -0.05) is 0 Å². The van der Waals surface area contributed by atoms with Crippen molar-refractivity contribution in [2.45, 2.75) is 18.7 Å². The van der Waals surface area contributed by atoms with Crippen molar-refractivity contribution in [3.05, 3.63) is 0 Å². The van der Waals surface area contributed by atoms with Crippen molar-refractivity contribution < 1.29 is 9.90 Å². The van der Waals surface area contributed by atoms with Crippen LogP contribution in [0.4, 0.5) is 0 Å². The lowest BCUT2D eigenvalue weighted by atomic mass is 9.97. The highest BCUT2D eigenvalue weighted by atomic mass is 35.5.